The van der Waals surface area contributed by atoms with Gasteiger partial charge in [0, 0.05) is 4.47 Å². The molecule has 2 rings (SSSR count). The highest BCUT2D eigenvalue weighted by Gasteiger charge is 2.52. The van der Waals surface area contributed by atoms with Crippen LogP contribution in [-0.2, 0) is 9.53 Å². The molecular weight excluding hydrogens is 319 g/mol. The standard InChI is InChI=1S/C12H12BrFN2O3/c1-19-10(17)12(4-5-12)16-11(18)15-9-3-2-7(13)6-8(9)14/h2-3,6H,4-5H2,1H3,(H2,15,16,18). The molecule has 2 amide bonds. The Morgan fingerprint density at radius 3 is 2.63 bits per heavy atom. The topological polar surface area (TPSA) is 67.4 Å². The minimum atomic E-state index is -0.954. The molecule has 0 aliphatic heterocycles. The van der Waals surface area contributed by atoms with E-state index in [1.807, 2.05) is 0 Å². The van der Waals surface area contributed by atoms with Crippen LogP contribution in [-0.4, -0.2) is 24.6 Å². The SMILES string of the molecule is COC(=O)C1(NC(=O)Nc2ccc(Br)cc2F)CC1. The van der Waals surface area contributed by atoms with Gasteiger partial charge in [-0.1, -0.05) is 15.9 Å². The highest BCUT2D eigenvalue weighted by molar-refractivity contribution is 9.10. The maximum Gasteiger partial charge on any atom is 0.331 e. The van der Waals surface area contributed by atoms with E-state index in [1.165, 1.54) is 19.2 Å². The minimum absolute atomic E-state index is 0.0429. The Balaban J connectivity index is 2.00. The van der Waals surface area contributed by atoms with Crippen LogP contribution in [0.15, 0.2) is 22.7 Å². The van der Waals surface area contributed by atoms with Gasteiger partial charge in [-0.25, -0.2) is 14.0 Å². The largest absolute Gasteiger partial charge is 0.467 e. The average molecular weight is 331 g/mol. The van der Waals surface area contributed by atoms with Crippen molar-refractivity contribution in [1.82, 2.24) is 5.32 Å². The van der Waals surface area contributed by atoms with Crippen molar-refractivity contribution in [3.63, 3.8) is 0 Å². The number of anilines is 1. The second-order valence-electron chi connectivity index (χ2n) is 4.28. The van der Waals surface area contributed by atoms with Gasteiger partial charge in [0.25, 0.3) is 0 Å². The van der Waals surface area contributed by atoms with Gasteiger partial charge >= 0.3 is 12.0 Å². The summed E-state index contributed by atoms with van der Waals surface area (Å²) in [5, 5.41) is 4.86. The van der Waals surface area contributed by atoms with E-state index in [2.05, 4.69) is 31.3 Å². The summed E-state index contributed by atoms with van der Waals surface area (Å²) in [6.07, 6.45) is 1.05. The number of urea groups is 1. The first kappa shape index (κ1) is 13.8. The maximum atomic E-state index is 13.5. The van der Waals surface area contributed by atoms with Crippen LogP contribution in [0.5, 0.6) is 0 Å². The van der Waals surface area contributed by atoms with Gasteiger partial charge in [0.1, 0.15) is 11.4 Å². The number of nitrogens with one attached hydrogen (secondary N) is 2. The first-order chi connectivity index (χ1) is 8.97. The van der Waals surface area contributed by atoms with Crippen LogP contribution in [0.3, 0.4) is 0 Å². The highest BCUT2D eigenvalue weighted by atomic mass is 79.9. The normalized spacial score (nSPS) is 15.5. The van der Waals surface area contributed by atoms with Crippen molar-refractivity contribution in [2.24, 2.45) is 0 Å². The molecule has 1 aliphatic carbocycles. The summed E-state index contributed by atoms with van der Waals surface area (Å²) in [4.78, 5) is 23.2. The summed E-state index contributed by atoms with van der Waals surface area (Å²) in [5.74, 6) is -1.05. The highest BCUT2D eigenvalue weighted by Crippen LogP contribution is 2.36. The molecule has 0 spiro atoms. The molecule has 1 fully saturated rings. The number of carbonyl (C=O) groups is 2. The van der Waals surface area contributed by atoms with Crippen molar-refractivity contribution >= 4 is 33.6 Å². The van der Waals surface area contributed by atoms with Crippen LogP contribution in [0.4, 0.5) is 14.9 Å². The lowest BCUT2D eigenvalue weighted by Crippen LogP contribution is -2.45. The lowest BCUT2D eigenvalue weighted by atomic mass is 10.3. The molecule has 0 atom stereocenters. The fourth-order valence-corrected chi connectivity index (χ4v) is 2.00. The van der Waals surface area contributed by atoms with Crippen molar-refractivity contribution < 1.29 is 18.7 Å². The Morgan fingerprint density at radius 2 is 2.11 bits per heavy atom. The van der Waals surface area contributed by atoms with Crippen LogP contribution in [0.2, 0.25) is 0 Å². The molecule has 2 N–H and O–H groups in total. The summed E-state index contributed by atoms with van der Waals surface area (Å²) in [5.41, 5.74) is -0.911. The molecule has 1 saturated carbocycles. The molecule has 5 nitrogen and oxygen atoms in total. The Morgan fingerprint density at radius 1 is 1.42 bits per heavy atom. The number of carbonyl (C=O) groups excluding carboxylic acids is 2. The molecule has 0 saturated heterocycles. The molecular formula is C12H12BrFN2O3. The zero-order valence-corrected chi connectivity index (χ0v) is 11.7. The van der Waals surface area contributed by atoms with E-state index in [1.54, 1.807) is 6.07 Å². The summed E-state index contributed by atoms with van der Waals surface area (Å²) >= 11 is 3.12. The number of hydrogen-bond acceptors (Lipinski definition) is 3. The molecule has 1 aromatic carbocycles. The number of methoxy groups -OCH3 is 1. The number of esters is 1. The molecule has 102 valence electrons. The van der Waals surface area contributed by atoms with Crippen LogP contribution < -0.4 is 10.6 Å². The minimum Gasteiger partial charge on any atom is -0.467 e. The first-order valence-electron chi connectivity index (χ1n) is 5.59. The average Bonchev–Trinajstić information content (AvgIpc) is 3.12. The second-order valence-corrected chi connectivity index (χ2v) is 5.19. The van der Waals surface area contributed by atoms with Crippen molar-refractivity contribution in [2.75, 3.05) is 12.4 Å². The number of ether oxygens (including phenoxy) is 1. The van der Waals surface area contributed by atoms with Crippen LogP contribution in [0.25, 0.3) is 0 Å². The lowest BCUT2D eigenvalue weighted by Gasteiger charge is -2.15. The summed E-state index contributed by atoms with van der Waals surface area (Å²) < 4.78 is 18.7. The predicted molar refractivity (Wildman–Crippen MR) is 70.2 cm³/mol. The van der Waals surface area contributed by atoms with Gasteiger partial charge in [-0.05, 0) is 31.0 Å². The van der Waals surface area contributed by atoms with E-state index in [0.29, 0.717) is 17.3 Å². The van der Waals surface area contributed by atoms with Gasteiger partial charge in [-0.15, -0.1) is 0 Å². The number of hydrogen-bond donors (Lipinski definition) is 2. The molecule has 1 aliphatic rings. The molecule has 0 aromatic heterocycles. The Labute approximate surface area is 117 Å². The summed E-state index contributed by atoms with van der Waals surface area (Å²) in [6.45, 7) is 0. The van der Waals surface area contributed by atoms with E-state index >= 15 is 0 Å². The predicted octanol–water partition coefficient (Wildman–Crippen LogP) is 2.42. The smallest absolute Gasteiger partial charge is 0.331 e. The number of rotatable bonds is 3. The second kappa shape index (κ2) is 5.16. The first-order valence-corrected chi connectivity index (χ1v) is 6.39. The summed E-state index contributed by atoms with van der Waals surface area (Å²) in [7, 11) is 1.26. The Hall–Kier alpha value is -1.63. The molecule has 1 aromatic rings. The van der Waals surface area contributed by atoms with E-state index < -0.39 is 23.4 Å². The van der Waals surface area contributed by atoms with Gasteiger partial charge in [-0.3, -0.25) is 0 Å². The third-order valence-corrected chi connectivity index (χ3v) is 3.35. The zero-order chi connectivity index (χ0) is 14.0. The number of benzene rings is 1. The molecule has 0 heterocycles. The molecule has 0 radical (unpaired) electrons. The van der Waals surface area contributed by atoms with E-state index in [-0.39, 0.29) is 5.69 Å². The summed E-state index contributed by atoms with van der Waals surface area (Å²) in [6, 6.07) is 3.63. The molecule has 0 bridgehead atoms. The van der Waals surface area contributed by atoms with Crippen LogP contribution >= 0.6 is 15.9 Å². The van der Waals surface area contributed by atoms with Crippen molar-refractivity contribution in [3.05, 3.63) is 28.5 Å². The van der Waals surface area contributed by atoms with E-state index in [9.17, 15) is 14.0 Å². The molecule has 0 unspecified atom stereocenters. The fourth-order valence-electron chi connectivity index (χ4n) is 1.66. The Bertz CT molecular complexity index is 532. The molecule has 7 heteroatoms. The van der Waals surface area contributed by atoms with Crippen LogP contribution in [0.1, 0.15) is 12.8 Å². The monoisotopic (exact) mass is 330 g/mol. The van der Waals surface area contributed by atoms with Gasteiger partial charge < -0.3 is 15.4 Å². The van der Waals surface area contributed by atoms with Crippen molar-refractivity contribution in [1.29, 1.82) is 0 Å². The van der Waals surface area contributed by atoms with Crippen molar-refractivity contribution in [2.45, 2.75) is 18.4 Å². The van der Waals surface area contributed by atoms with Crippen LogP contribution in [0, 0.1) is 5.82 Å². The van der Waals surface area contributed by atoms with Gasteiger partial charge in [0.15, 0.2) is 0 Å². The Kier molecular flexibility index (Phi) is 3.75. The number of amides is 2. The van der Waals surface area contributed by atoms with E-state index in [4.69, 9.17) is 0 Å². The fraction of sp³-hybridized carbons (Fsp3) is 0.333. The maximum absolute atomic E-state index is 13.5. The van der Waals surface area contributed by atoms with Crippen molar-refractivity contribution in [3.8, 4) is 0 Å². The number of halogens is 2. The third kappa shape index (κ3) is 3.04. The van der Waals surface area contributed by atoms with Gasteiger partial charge in [0.05, 0.1) is 12.8 Å². The lowest BCUT2D eigenvalue weighted by molar-refractivity contribution is -0.144. The van der Waals surface area contributed by atoms with Gasteiger partial charge in [-0.2, -0.15) is 0 Å². The quantitative estimate of drug-likeness (QED) is 0.836. The molecule has 19 heavy (non-hydrogen) atoms. The van der Waals surface area contributed by atoms with Gasteiger partial charge in [0.2, 0.25) is 0 Å². The third-order valence-electron chi connectivity index (χ3n) is 2.86. The van der Waals surface area contributed by atoms with E-state index in [0.717, 1.165) is 0 Å². The zero-order valence-electron chi connectivity index (χ0n) is 10.1.